The highest BCUT2D eigenvalue weighted by atomic mass is 16.5. The Labute approximate surface area is 129 Å². The smallest absolute Gasteiger partial charge is 0.0721 e. The first-order valence-corrected chi connectivity index (χ1v) is 8.22. The summed E-state index contributed by atoms with van der Waals surface area (Å²) in [6.07, 6.45) is 12.7. The fourth-order valence-electron chi connectivity index (χ4n) is 3.19. The van der Waals surface area contributed by atoms with Crippen molar-refractivity contribution in [2.75, 3.05) is 6.61 Å². The number of ether oxygens (including phenoxy) is 1. The van der Waals surface area contributed by atoms with Crippen LogP contribution in [0.5, 0.6) is 0 Å². The Balaban J connectivity index is 1.81. The maximum Gasteiger partial charge on any atom is 0.0721 e. The molecule has 1 aromatic carbocycles. The van der Waals surface area contributed by atoms with Crippen LogP contribution in [0.25, 0.3) is 0 Å². The van der Waals surface area contributed by atoms with E-state index in [9.17, 15) is 0 Å². The lowest BCUT2D eigenvalue weighted by Gasteiger charge is -2.28. The molecule has 0 N–H and O–H groups in total. The van der Waals surface area contributed by atoms with Crippen LogP contribution < -0.4 is 0 Å². The van der Waals surface area contributed by atoms with Gasteiger partial charge in [0.25, 0.3) is 0 Å². The van der Waals surface area contributed by atoms with Gasteiger partial charge in [0.1, 0.15) is 0 Å². The lowest BCUT2D eigenvalue weighted by atomic mass is 9.77. The van der Waals surface area contributed by atoms with Crippen molar-refractivity contribution in [3.05, 3.63) is 60.2 Å². The minimum absolute atomic E-state index is 0.700. The monoisotopic (exact) mass is 284 g/mol. The zero-order chi connectivity index (χ0) is 14.9. The molecule has 1 nitrogen and oxygen atoms in total. The van der Waals surface area contributed by atoms with Crippen LogP contribution in [-0.2, 0) is 11.3 Å². The zero-order valence-electron chi connectivity index (χ0n) is 13.3. The second-order valence-corrected chi connectivity index (χ2v) is 6.07. The van der Waals surface area contributed by atoms with Crippen LogP contribution in [0.1, 0.15) is 56.1 Å². The van der Waals surface area contributed by atoms with Gasteiger partial charge in [0, 0.05) is 0 Å². The van der Waals surface area contributed by atoms with E-state index in [2.05, 4.69) is 36.9 Å². The highest BCUT2D eigenvalue weighted by molar-refractivity contribution is 5.25. The van der Waals surface area contributed by atoms with E-state index in [1.54, 1.807) is 0 Å². The highest BCUT2D eigenvalue weighted by Gasteiger charge is 2.21. The molecule has 0 atom stereocenters. The van der Waals surface area contributed by atoms with Crippen molar-refractivity contribution >= 4 is 0 Å². The summed E-state index contributed by atoms with van der Waals surface area (Å²) in [5.74, 6) is 1.63. The molecule has 0 unspecified atom stereocenters. The van der Waals surface area contributed by atoms with Crippen molar-refractivity contribution in [2.45, 2.75) is 51.6 Å². The van der Waals surface area contributed by atoms with Gasteiger partial charge in [-0.1, -0.05) is 42.5 Å². The summed E-state index contributed by atoms with van der Waals surface area (Å²) in [7, 11) is 0. The molecule has 1 fully saturated rings. The maximum absolute atomic E-state index is 5.59. The standard InChI is InChI=1S/C20H28O/c1-3-5-15-21-16-18-9-13-20(14-10-18)19-11-7-17(6-4-2)8-12-19/h3-5,9-10,13-14,17,19H,2,6-8,11-12,15-16H2,1H3/t17-,19-. The maximum atomic E-state index is 5.59. The van der Waals surface area contributed by atoms with Crippen LogP contribution in [-0.4, -0.2) is 6.61 Å². The molecule has 114 valence electrons. The van der Waals surface area contributed by atoms with E-state index in [1.165, 1.54) is 43.2 Å². The molecule has 0 amide bonds. The van der Waals surface area contributed by atoms with Gasteiger partial charge in [0.05, 0.1) is 13.2 Å². The fraction of sp³-hybridized carbons (Fsp3) is 0.500. The summed E-state index contributed by atoms with van der Waals surface area (Å²) in [5.41, 5.74) is 2.77. The van der Waals surface area contributed by atoms with Gasteiger partial charge >= 0.3 is 0 Å². The van der Waals surface area contributed by atoms with Crippen molar-refractivity contribution in [2.24, 2.45) is 5.92 Å². The summed E-state index contributed by atoms with van der Waals surface area (Å²) in [6, 6.07) is 9.04. The molecule has 0 aliphatic heterocycles. The van der Waals surface area contributed by atoms with Crippen LogP contribution in [0.2, 0.25) is 0 Å². The molecular weight excluding hydrogens is 256 g/mol. The normalized spacial score (nSPS) is 22.5. The van der Waals surface area contributed by atoms with E-state index in [1.807, 2.05) is 19.1 Å². The zero-order valence-corrected chi connectivity index (χ0v) is 13.3. The number of rotatable bonds is 7. The summed E-state index contributed by atoms with van der Waals surface area (Å²) < 4.78 is 5.59. The van der Waals surface area contributed by atoms with Gasteiger partial charge in [-0.3, -0.25) is 0 Å². The minimum atomic E-state index is 0.700. The molecule has 2 rings (SSSR count). The average molecular weight is 284 g/mol. The molecule has 0 bridgehead atoms. The number of hydrogen-bond acceptors (Lipinski definition) is 1. The number of allylic oxidation sites excluding steroid dienone is 2. The van der Waals surface area contributed by atoms with E-state index in [0.29, 0.717) is 13.2 Å². The van der Waals surface area contributed by atoms with E-state index in [-0.39, 0.29) is 0 Å². The van der Waals surface area contributed by atoms with Crippen molar-refractivity contribution in [1.29, 1.82) is 0 Å². The summed E-state index contributed by atoms with van der Waals surface area (Å²) in [6.45, 7) is 7.28. The molecule has 0 saturated heterocycles. The molecule has 0 spiro atoms. The Hall–Kier alpha value is -1.34. The predicted molar refractivity (Wildman–Crippen MR) is 90.4 cm³/mol. The molecule has 0 heterocycles. The Morgan fingerprint density at radius 2 is 1.86 bits per heavy atom. The molecule has 1 saturated carbocycles. The van der Waals surface area contributed by atoms with Crippen LogP contribution >= 0.6 is 0 Å². The molecular formula is C20H28O. The third-order valence-corrected chi connectivity index (χ3v) is 4.52. The van der Waals surface area contributed by atoms with Gasteiger partial charge in [-0.15, -0.1) is 6.58 Å². The quantitative estimate of drug-likeness (QED) is 0.466. The van der Waals surface area contributed by atoms with Gasteiger partial charge in [-0.2, -0.15) is 0 Å². The van der Waals surface area contributed by atoms with E-state index >= 15 is 0 Å². The Kier molecular flexibility index (Phi) is 6.75. The third kappa shape index (κ3) is 5.17. The first-order valence-electron chi connectivity index (χ1n) is 8.22. The first-order chi connectivity index (χ1) is 10.3. The van der Waals surface area contributed by atoms with Gasteiger partial charge in [-0.25, -0.2) is 0 Å². The topological polar surface area (TPSA) is 9.23 Å². The average Bonchev–Trinajstić information content (AvgIpc) is 2.53. The third-order valence-electron chi connectivity index (χ3n) is 4.52. The molecule has 0 radical (unpaired) electrons. The van der Waals surface area contributed by atoms with E-state index in [0.717, 1.165) is 11.8 Å². The molecule has 1 aliphatic rings. The SMILES string of the molecule is C=CC[C@H]1CC[C@H](c2ccc(COCC=CC)cc2)CC1. The lowest BCUT2D eigenvalue weighted by Crippen LogP contribution is -2.12. The first kappa shape index (κ1) is 16.0. The molecule has 1 aliphatic carbocycles. The molecule has 1 heteroatoms. The molecule has 0 aromatic heterocycles. The number of benzene rings is 1. The van der Waals surface area contributed by atoms with Crippen molar-refractivity contribution in [3.63, 3.8) is 0 Å². The van der Waals surface area contributed by atoms with Gasteiger partial charge in [0.15, 0.2) is 0 Å². The van der Waals surface area contributed by atoms with Crippen LogP contribution in [0, 0.1) is 5.92 Å². The van der Waals surface area contributed by atoms with E-state index in [4.69, 9.17) is 4.74 Å². The summed E-state index contributed by atoms with van der Waals surface area (Å²) in [4.78, 5) is 0. The van der Waals surface area contributed by atoms with Crippen molar-refractivity contribution in [1.82, 2.24) is 0 Å². The molecule has 21 heavy (non-hydrogen) atoms. The Morgan fingerprint density at radius 3 is 2.48 bits per heavy atom. The van der Waals surface area contributed by atoms with Gasteiger partial charge in [0.2, 0.25) is 0 Å². The number of hydrogen-bond donors (Lipinski definition) is 0. The highest BCUT2D eigenvalue weighted by Crippen LogP contribution is 2.37. The largest absolute Gasteiger partial charge is 0.373 e. The van der Waals surface area contributed by atoms with Crippen molar-refractivity contribution < 1.29 is 4.74 Å². The minimum Gasteiger partial charge on any atom is -0.373 e. The Bertz CT molecular complexity index is 435. The van der Waals surface area contributed by atoms with E-state index < -0.39 is 0 Å². The predicted octanol–water partition coefficient (Wildman–Crippen LogP) is 5.63. The van der Waals surface area contributed by atoms with Gasteiger partial charge in [-0.05, 0) is 62.0 Å². The van der Waals surface area contributed by atoms with Crippen LogP contribution in [0.4, 0.5) is 0 Å². The van der Waals surface area contributed by atoms with Crippen molar-refractivity contribution in [3.8, 4) is 0 Å². The summed E-state index contributed by atoms with van der Waals surface area (Å²) >= 11 is 0. The van der Waals surface area contributed by atoms with Crippen LogP contribution in [0.15, 0.2) is 49.1 Å². The van der Waals surface area contributed by atoms with Crippen LogP contribution in [0.3, 0.4) is 0 Å². The molecule has 1 aromatic rings. The summed E-state index contributed by atoms with van der Waals surface area (Å²) in [5, 5.41) is 0. The Morgan fingerprint density at radius 1 is 1.14 bits per heavy atom. The fourth-order valence-corrected chi connectivity index (χ4v) is 3.19. The van der Waals surface area contributed by atoms with Gasteiger partial charge < -0.3 is 4.74 Å². The lowest BCUT2D eigenvalue weighted by molar-refractivity contribution is 0.148. The second-order valence-electron chi connectivity index (χ2n) is 6.07. The second kappa shape index (κ2) is 8.84.